The van der Waals surface area contributed by atoms with Crippen molar-refractivity contribution in [3.8, 4) is 5.75 Å². The van der Waals surface area contributed by atoms with Crippen LogP contribution in [0.25, 0.3) is 0 Å². The van der Waals surface area contributed by atoms with Gasteiger partial charge >= 0.3 is 17.9 Å². The largest absolute Gasteiger partial charge is 0.463 e. The third-order valence-electron chi connectivity index (χ3n) is 4.36. The van der Waals surface area contributed by atoms with Crippen molar-refractivity contribution in [3.63, 3.8) is 0 Å². The minimum atomic E-state index is -1.29. The molecule has 0 aliphatic carbocycles. The van der Waals surface area contributed by atoms with Gasteiger partial charge in [0, 0.05) is 27.7 Å². The summed E-state index contributed by atoms with van der Waals surface area (Å²) in [7, 11) is 0. The summed E-state index contributed by atoms with van der Waals surface area (Å²) < 4.78 is 27.4. The molecule has 1 N–H and O–H groups in total. The summed E-state index contributed by atoms with van der Waals surface area (Å²) in [5.41, 5.74) is 0.209. The second-order valence-electron chi connectivity index (χ2n) is 6.99. The Labute approximate surface area is 184 Å². The van der Waals surface area contributed by atoms with Gasteiger partial charge in [-0.25, -0.2) is 0 Å². The normalized spacial score (nSPS) is 24.6. The highest BCUT2D eigenvalue weighted by Gasteiger charge is 2.52. The Morgan fingerprint density at radius 3 is 2.16 bits per heavy atom. The zero-order valence-electron chi connectivity index (χ0n) is 18.1. The van der Waals surface area contributed by atoms with Gasteiger partial charge in [0.2, 0.25) is 12.2 Å². The highest BCUT2D eigenvalue weighted by atomic mass is 16.7. The van der Waals surface area contributed by atoms with Crippen LogP contribution in [-0.2, 0) is 38.1 Å². The summed E-state index contributed by atoms with van der Waals surface area (Å²) in [6.07, 6.45) is -4.30. The van der Waals surface area contributed by atoms with Crippen molar-refractivity contribution < 1.29 is 47.7 Å². The molecule has 0 saturated carbocycles. The standard InChI is InChI=1S/C21H25NO10/c1-11(24)22-18-20(30-14(4)27)19(29-13(3)26)17(10-28-12(2)25)32-21(18)31-16-8-6-5-7-15(16)9-23/h5-9,17-21H,10H2,1-4H3,(H,22,24)/t17-,18-,19+,20-,21-/m0/s1. The van der Waals surface area contributed by atoms with Gasteiger partial charge in [0.05, 0.1) is 5.56 Å². The van der Waals surface area contributed by atoms with E-state index in [0.717, 1.165) is 13.8 Å². The highest BCUT2D eigenvalue weighted by molar-refractivity contribution is 5.79. The maximum atomic E-state index is 11.9. The van der Waals surface area contributed by atoms with Gasteiger partial charge in [-0.2, -0.15) is 0 Å². The molecule has 1 amide bonds. The van der Waals surface area contributed by atoms with Crippen LogP contribution < -0.4 is 10.1 Å². The molecule has 1 heterocycles. The number of benzene rings is 1. The van der Waals surface area contributed by atoms with E-state index in [9.17, 15) is 24.0 Å². The lowest BCUT2D eigenvalue weighted by Gasteiger charge is -2.44. The summed E-state index contributed by atoms with van der Waals surface area (Å²) >= 11 is 0. The van der Waals surface area contributed by atoms with Gasteiger partial charge < -0.3 is 29.0 Å². The molecule has 2 rings (SSSR count). The van der Waals surface area contributed by atoms with Crippen molar-refractivity contribution in [2.75, 3.05) is 6.61 Å². The SMILES string of the molecule is CC(=O)N[C@@H]1[C@@H](Oc2ccccc2C=O)O[C@@H](COC(C)=O)[C@@H](OC(C)=O)[C@H]1OC(C)=O. The minimum absolute atomic E-state index is 0.140. The van der Waals surface area contributed by atoms with Gasteiger partial charge in [-0.3, -0.25) is 24.0 Å². The van der Waals surface area contributed by atoms with E-state index in [0.29, 0.717) is 6.29 Å². The van der Waals surface area contributed by atoms with E-state index in [-0.39, 0.29) is 17.9 Å². The fourth-order valence-electron chi connectivity index (χ4n) is 3.20. The fourth-order valence-corrected chi connectivity index (χ4v) is 3.20. The van der Waals surface area contributed by atoms with E-state index in [1.165, 1.54) is 26.0 Å². The van der Waals surface area contributed by atoms with Crippen molar-refractivity contribution in [2.45, 2.75) is 58.3 Å². The second kappa shape index (κ2) is 11.2. The number of hydrogen-bond donors (Lipinski definition) is 1. The van der Waals surface area contributed by atoms with Crippen LogP contribution in [-0.4, -0.2) is 67.4 Å². The monoisotopic (exact) mass is 451 g/mol. The lowest BCUT2D eigenvalue weighted by Crippen LogP contribution is -2.67. The van der Waals surface area contributed by atoms with Crippen LogP contribution in [0, 0.1) is 0 Å². The first-order valence-electron chi connectivity index (χ1n) is 9.73. The van der Waals surface area contributed by atoms with Crippen LogP contribution in [0.3, 0.4) is 0 Å². The fraction of sp³-hybridized carbons (Fsp3) is 0.476. The highest BCUT2D eigenvalue weighted by Crippen LogP contribution is 2.30. The Morgan fingerprint density at radius 2 is 1.59 bits per heavy atom. The van der Waals surface area contributed by atoms with Crippen molar-refractivity contribution in [2.24, 2.45) is 0 Å². The summed E-state index contributed by atoms with van der Waals surface area (Å²) in [6.45, 7) is 4.34. The average molecular weight is 451 g/mol. The molecule has 0 aromatic heterocycles. The first-order valence-corrected chi connectivity index (χ1v) is 9.73. The topological polar surface area (TPSA) is 144 Å². The molecule has 1 saturated heterocycles. The molecule has 1 aliphatic rings. The molecule has 1 aromatic carbocycles. The molecule has 1 aliphatic heterocycles. The number of carbonyl (C=O) groups is 5. The van der Waals surface area contributed by atoms with E-state index >= 15 is 0 Å². The Hall–Kier alpha value is -3.47. The van der Waals surface area contributed by atoms with Gasteiger partial charge in [-0.1, -0.05) is 12.1 Å². The van der Waals surface area contributed by atoms with Gasteiger partial charge in [0.1, 0.15) is 24.5 Å². The lowest BCUT2D eigenvalue weighted by atomic mass is 9.96. The summed E-state index contributed by atoms with van der Waals surface area (Å²) in [5.74, 6) is -2.42. The number of para-hydroxylation sites is 1. The molecule has 1 fully saturated rings. The molecular weight excluding hydrogens is 426 g/mol. The van der Waals surface area contributed by atoms with Crippen LogP contribution >= 0.6 is 0 Å². The number of nitrogens with one attached hydrogen (secondary N) is 1. The molecule has 174 valence electrons. The van der Waals surface area contributed by atoms with Crippen LogP contribution in [0.1, 0.15) is 38.1 Å². The quantitative estimate of drug-likeness (QED) is 0.338. The van der Waals surface area contributed by atoms with Crippen molar-refractivity contribution in [1.82, 2.24) is 5.32 Å². The van der Waals surface area contributed by atoms with E-state index in [2.05, 4.69) is 5.32 Å². The Balaban J connectivity index is 2.49. The molecule has 0 unspecified atom stereocenters. The maximum Gasteiger partial charge on any atom is 0.303 e. The first-order chi connectivity index (χ1) is 15.1. The number of amides is 1. The summed E-state index contributed by atoms with van der Waals surface area (Å²) in [6, 6.07) is 5.15. The smallest absolute Gasteiger partial charge is 0.303 e. The first kappa shape index (κ1) is 24.8. The van der Waals surface area contributed by atoms with Crippen LogP contribution in [0.4, 0.5) is 0 Å². The van der Waals surface area contributed by atoms with Gasteiger partial charge in [0.15, 0.2) is 18.5 Å². The van der Waals surface area contributed by atoms with E-state index < -0.39 is 54.5 Å². The van der Waals surface area contributed by atoms with E-state index in [4.69, 9.17) is 23.7 Å². The third kappa shape index (κ3) is 6.77. The minimum Gasteiger partial charge on any atom is -0.463 e. The molecule has 5 atom stereocenters. The molecule has 11 nitrogen and oxygen atoms in total. The van der Waals surface area contributed by atoms with Crippen LogP contribution in [0.2, 0.25) is 0 Å². The third-order valence-corrected chi connectivity index (χ3v) is 4.36. The van der Waals surface area contributed by atoms with Crippen LogP contribution in [0.15, 0.2) is 24.3 Å². The van der Waals surface area contributed by atoms with Gasteiger partial charge in [-0.05, 0) is 12.1 Å². The Kier molecular flexibility index (Phi) is 8.71. The molecular formula is C21H25NO10. The number of aldehydes is 1. The molecule has 0 spiro atoms. The van der Waals surface area contributed by atoms with Crippen molar-refractivity contribution >= 4 is 30.1 Å². The number of esters is 3. The molecule has 32 heavy (non-hydrogen) atoms. The van der Waals surface area contributed by atoms with Crippen LogP contribution in [0.5, 0.6) is 5.75 Å². The summed E-state index contributed by atoms with van der Waals surface area (Å²) in [5, 5.41) is 2.58. The predicted octanol–water partition coefficient (Wildman–Crippen LogP) is 0.534. The molecule has 0 bridgehead atoms. The Morgan fingerprint density at radius 1 is 0.969 bits per heavy atom. The van der Waals surface area contributed by atoms with Gasteiger partial charge in [0.25, 0.3) is 0 Å². The summed E-state index contributed by atoms with van der Waals surface area (Å²) in [4.78, 5) is 58.2. The zero-order valence-corrected chi connectivity index (χ0v) is 18.1. The Bertz CT molecular complexity index is 870. The molecule has 1 aromatic rings. The van der Waals surface area contributed by atoms with Gasteiger partial charge in [-0.15, -0.1) is 0 Å². The number of ether oxygens (including phenoxy) is 5. The lowest BCUT2D eigenvalue weighted by molar-refractivity contribution is -0.257. The van der Waals surface area contributed by atoms with Crippen molar-refractivity contribution in [1.29, 1.82) is 0 Å². The number of hydrogen-bond acceptors (Lipinski definition) is 10. The predicted molar refractivity (Wildman–Crippen MR) is 106 cm³/mol. The molecule has 0 radical (unpaired) electrons. The van der Waals surface area contributed by atoms with Crippen molar-refractivity contribution in [3.05, 3.63) is 29.8 Å². The maximum absolute atomic E-state index is 11.9. The number of carbonyl (C=O) groups excluding carboxylic acids is 5. The van der Waals surface area contributed by atoms with E-state index in [1.807, 2.05) is 0 Å². The number of rotatable bonds is 8. The van der Waals surface area contributed by atoms with E-state index in [1.54, 1.807) is 12.1 Å². The molecule has 11 heteroatoms. The zero-order chi connectivity index (χ0) is 23.8. The average Bonchev–Trinajstić information content (AvgIpc) is 2.70. The second-order valence-corrected chi connectivity index (χ2v) is 6.99.